The van der Waals surface area contributed by atoms with Gasteiger partial charge in [0, 0.05) is 11.3 Å². The molecule has 0 fully saturated rings. The van der Waals surface area contributed by atoms with Crippen molar-refractivity contribution in [2.75, 3.05) is 11.6 Å². The Hall–Kier alpha value is -1.94. The molecule has 3 nitrogen and oxygen atoms in total. The fourth-order valence-electron chi connectivity index (χ4n) is 3.45. The lowest BCUT2D eigenvalue weighted by atomic mass is 9.90. The summed E-state index contributed by atoms with van der Waals surface area (Å²) in [5.74, 6) is 0.904. The molecule has 0 aliphatic carbocycles. The third-order valence-corrected chi connectivity index (χ3v) is 5.05. The summed E-state index contributed by atoms with van der Waals surface area (Å²) >= 11 is 1.77. The molecular formula is C23H31NO2S. The number of thioether (sulfide) groups is 1. The van der Waals surface area contributed by atoms with Gasteiger partial charge in [-0.3, -0.25) is 5.32 Å². The number of rotatable bonds is 4. The lowest BCUT2D eigenvalue weighted by molar-refractivity contribution is 0.0636. The van der Waals surface area contributed by atoms with Crippen LogP contribution in [0.1, 0.15) is 48.6 Å². The first-order chi connectivity index (χ1) is 12.5. The normalized spacial score (nSPS) is 11.4. The van der Waals surface area contributed by atoms with Gasteiger partial charge in [-0.25, -0.2) is 4.79 Å². The molecule has 1 amide bonds. The number of hydrogen-bond acceptors (Lipinski definition) is 3. The van der Waals surface area contributed by atoms with E-state index in [9.17, 15) is 4.79 Å². The van der Waals surface area contributed by atoms with Crippen molar-refractivity contribution in [1.29, 1.82) is 0 Å². The van der Waals surface area contributed by atoms with E-state index in [1.165, 1.54) is 27.8 Å². The highest BCUT2D eigenvalue weighted by atomic mass is 32.2. The third-order valence-electron chi connectivity index (χ3n) is 4.45. The Balaban J connectivity index is 2.61. The Labute approximate surface area is 167 Å². The van der Waals surface area contributed by atoms with E-state index in [2.05, 4.69) is 63.5 Å². The predicted molar refractivity (Wildman–Crippen MR) is 118 cm³/mol. The van der Waals surface area contributed by atoms with Gasteiger partial charge in [0.1, 0.15) is 5.60 Å². The molecule has 0 atom stereocenters. The zero-order chi connectivity index (χ0) is 20.4. The van der Waals surface area contributed by atoms with Crippen molar-refractivity contribution in [2.45, 2.75) is 59.8 Å². The minimum absolute atomic E-state index is 0.421. The largest absolute Gasteiger partial charge is 0.444 e. The van der Waals surface area contributed by atoms with Crippen LogP contribution in [0, 0.1) is 27.7 Å². The highest BCUT2D eigenvalue weighted by molar-refractivity contribution is 7.97. The maximum Gasteiger partial charge on any atom is 0.412 e. The van der Waals surface area contributed by atoms with E-state index >= 15 is 0 Å². The molecule has 2 aromatic carbocycles. The lowest BCUT2D eigenvalue weighted by Gasteiger charge is -2.23. The second-order valence-corrected chi connectivity index (χ2v) is 8.97. The van der Waals surface area contributed by atoms with E-state index in [-0.39, 0.29) is 0 Å². The van der Waals surface area contributed by atoms with Crippen molar-refractivity contribution in [3.8, 4) is 11.1 Å². The highest BCUT2D eigenvalue weighted by Crippen LogP contribution is 2.38. The number of carbonyl (C=O) groups is 1. The summed E-state index contributed by atoms with van der Waals surface area (Å²) in [5, 5.41) is 3.03. The van der Waals surface area contributed by atoms with Crippen LogP contribution in [0.15, 0.2) is 24.3 Å². The molecule has 0 heterocycles. The second kappa shape index (κ2) is 8.39. The van der Waals surface area contributed by atoms with Gasteiger partial charge in [-0.2, -0.15) is 11.8 Å². The average Bonchev–Trinajstić information content (AvgIpc) is 2.50. The Morgan fingerprint density at radius 2 is 1.67 bits per heavy atom. The highest BCUT2D eigenvalue weighted by Gasteiger charge is 2.21. The predicted octanol–water partition coefficient (Wildman–Crippen LogP) is 6.80. The van der Waals surface area contributed by atoms with Gasteiger partial charge in [-0.1, -0.05) is 29.8 Å². The van der Waals surface area contributed by atoms with E-state index in [1.807, 2.05) is 20.8 Å². The molecule has 146 valence electrons. The van der Waals surface area contributed by atoms with Crippen LogP contribution < -0.4 is 5.32 Å². The fraction of sp³-hybridized carbons (Fsp3) is 0.435. The van der Waals surface area contributed by atoms with Gasteiger partial charge in [-0.15, -0.1) is 0 Å². The van der Waals surface area contributed by atoms with Crippen molar-refractivity contribution >= 4 is 23.5 Å². The summed E-state index contributed by atoms with van der Waals surface area (Å²) in [7, 11) is 0. The fourth-order valence-corrected chi connectivity index (χ4v) is 4.07. The zero-order valence-electron chi connectivity index (χ0n) is 17.7. The molecule has 0 saturated heterocycles. The first kappa shape index (κ1) is 21.4. The number of benzene rings is 2. The summed E-state index contributed by atoms with van der Waals surface area (Å²) in [6, 6.07) is 8.66. The van der Waals surface area contributed by atoms with E-state index in [1.54, 1.807) is 11.8 Å². The van der Waals surface area contributed by atoms with Gasteiger partial charge in [0.15, 0.2) is 0 Å². The van der Waals surface area contributed by atoms with Crippen LogP contribution in [0.3, 0.4) is 0 Å². The van der Waals surface area contributed by atoms with Crippen LogP contribution in [0.4, 0.5) is 10.5 Å². The molecule has 1 N–H and O–H groups in total. The molecule has 2 rings (SSSR count). The quantitative estimate of drug-likeness (QED) is 0.629. The number of ether oxygens (including phenoxy) is 1. The van der Waals surface area contributed by atoms with E-state index < -0.39 is 11.7 Å². The number of amides is 1. The summed E-state index contributed by atoms with van der Waals surface area (Å²) in [6.45, 7) is 14.0. The average molecular weight is 386 g/mol. The molecule has 0 bridgehead atoms. The third kappa shape index (κ3) is 5.29. The van der Waals surface area contributed by atoms with Crippen molar-refractivity contribution in [2.24, 2.45) is 0 Å². The Bertz CT molecular complexity index is 827. The van der Waals surface area contributed by atoms with Gasteiger partial charge < -0.3 is 4.74 Å². The van der Waals surface area contributed by atoms with Crippen molar-refractivity contribution in [3.05, 3.63) is 52.1 Å². The molecule has 0 saturated carbocycles. The monoisotopic (exact) mass is 385 g/mol. The van der Waals surface area contributed by atoms with E-state index in [4.69, 9.17) is 4.74 Å². The summed E-state index contributed by atoms with van der Waals surface area (Å²) in [5.41, 5.74) is 8.48. The summed E-state index contributed by atoms with van der Waals surface area (Å²) in [6.07, 6.45) is 1.67. The molecular weight excluding hydrogens is 354 g/mol. The number of aryl methyl sites for hydroxylation is 3. The smallest absolute Gasteiger partial charge is 0.412 e. The topological polar surface area (TPSA) is 38.3 Å². The van der Waals surface area contributed by atoms with Crippen LogP contribution in [0.25, 0.3) is 11.1 Å². The SMILES string of the molecule is CSCc1ccc(-c2c(C)cc(C)cc2C)c(NC(=O)OC(C)(C)C)c1C. The number of hydrogen-bond donors (Lipinski definition) is 1. The van der Waals surface area contributed by atoms with Crippen LogP contribution in [-0.4, -0.2) is 18.0 Å². The van der Waals surface area contributed by atoms with Crippen molar-refractivity contribution < 1.29 is 9.53 Å². The minimum Gasteiger partial charge on any atom is -0.444 e. The maximum atomic E-state index is 12.5. The molecule has 0 aromatic heterocycles. The Kier molecular flexibility index (Phi) is 6.63. The van der Waals surface area contributed by atoms with Crippen LogP contribution in [0.2, 0.25) is 0 Å². The molecule has 0 unspecified atom stereocenters. The second-order valence-electron chi connectivity index (χ2n) is 8.11. The maximum absolute atomic E-state index is 12.5. The van der Waals surface area contributed by atoms with Gasteiger partial charge in [0.2, 0.25) is 0 Å². The van der Waals surface area contributed by atoms with E-state index in [0.717, 1.165) is 22.6 Å². The molecule has 27 heavy (non-hydrogen) atoms. The van der Waals surface area contributed by atoms with Gasteiger partial charge >= 0.3 is 6.09 Å². The van der Waals surface area contributed by atoms with Crippen LogP contribution in [-0.2, 0) is 10.5 Å². The first-order valence-electron chi connectivity index (χ1n) is 9.23. The minimum atomic E-state index is -0.537. The van der Waals surface area contributed by atoms with Crippen molar-refractivity contribution in [3.63, 3.8) is 0 Å². The number of anilines is 1. The molecule has 4 heteroatoms. The zero-order valence-corrected chi connectivity index (χ0v) is 18.6. The Morgan fingerprint density at radius 1 is 1.07 bits per heavy atom. The van der Waals surface area contributed by atoms with Gasteiger partial charge in [0.25, 0.3) is 0 Å². The molecule has 2 aromatic rings. The van der Waals surface area contributed by atoms with Crippen LogP contribution in [0.5, 0.6) is 0 Å². The molecule has 0 aliphatic rings. The first-order valence-corrected chi connectivity index (χ1v) is 10.6. The standard InChI is InChI=1S/C23H31NO2S/c1-14-11-15(2)20(16(3)12-14)19-10-9-18(13-27-8)17(4)21(19)24-22(25)26-23(5,6)7/h9-12H,13H2,1-8H3,(H,24,25). The van der Waals surface area contributed by atoms with Crippen LogP contribution >= 0.6 is 11.8 Å². The molecule has 0 radical (unpaired) electrons. The molecule has 0 aliphatic heterocycles. The number of carbonyl (C=O) groups excluding carboxylic acids is 1. The van der Waals surface area contributed by atoms with Crippen molar-refractivity contribution in [1.82, 2.24) is 0 Å². The summed E-state index contributed by atoms with van der Waals surface area (Å²) in [4.78, 5) is 12.5. The van der Waals surface area contributed by atoms with E-state index in [0.29, 0.717) is 0 Å². The Morgan fingerprint density at radius 3 is 2.19 bits per heavy atom. The van der Waals surface area contributed by atoms with Gasteiger partial charge in [-0.05, 0) is 82.5 Å². The number of nitrogens with one attached hydrogen (secondary N) is 1. The molecule has 0 spiro atoms. The lowest BCUT2D eigenvalue weighted by Crippen LogP contribution is -2.27. The summed E-state index contributed by atoms with van der Waals surface area (Å²) < 4.78 is 5.51. The van der Waals surface area contributed by atoms with Gasteiger partial charge in [0.05, 0.1) is 5.69 Å².